The molecule has 1 rings (SSSR count). The van der Waals surface area contributed by atoms with Crippen LogP contribution >= 0.6 is 23.1 Å². The van der Waals surface area contributed by atoms with Crippen molar-refractivity contribution < 1.29 is 4.79 Å². The van der Waals surface area contributed by atoms with E-state index in [2.05, 4.69) is 10.3 Å². The number of carbonyl (C=O) groups is 1. The number of aryl methyl sites for hydroxylation is 1. The summed E-state index contributed by atoms with van der Waals surface area (Å²) in [4.78, 5) is 15.5. The lowest BCUT2D eigenvalue weighted by molar-refractivity contribution is -0.118. The molecule has 1 aromatic heterocycles. The molecule has 0 spiro atoms. The number of amides is 1. The van der Waals surface area contributed by atoms with Crippen molar-refractivity contribution in [3.63, 3.8) is 0 Å². The Bertz CT molecular complexity index is 299. The first-order chi connectivity index (χ1) is 6.72. The molecule has 1 amide bonds. The number of carbonyl (C=O) groups excluding carboxylic acids is 1. The van der Waals surface area contributed by atoms with Crippen molar-refractivity contribution in [3.8, 4) is 0 Å². The average Bonchev–Trinajstić information content (AvgIpc) is 2.58. The fourth-order valence-electron chi connectivity index (χ4n) is 0.841. The predicted octanol–water partition coefficient (Wildman–Crippen LogP) is 2.07. The van der Waals surface area contributed by atoms with Crippen LogP contribution in [0.25, 0.3) is 0 Å². The van der Waals surface area contributed by atoms with Gasteiger partial charge in [0.2, 0.25) is 5.91 Å². The molecule has 0 saturated carbocycles. The standard InChI is InChI=1S/C9H14N2OS2/c1-3-4-10-8(12)6-14-9-11-7(2)5-13-9/h5H,3-4,6H2,1-2H3,(H,10,12). The number of hydrogen-bond acceptors (Lipinski definition) is 4. The molecule has 78 valence electrons. The average molecular weight is 230 g/mol. The van der Waals surface area contributed by atoms with Crippen LogP contribution in [-0.4, -0.2) is 23.2 Å². The van der Waals surface area contributed by atoms with Gasteiger partial charge in [0.25, 0.3) is 0 Å². The van der Waals surface area contributed by atoms with Gasteiger partial charge in [0.05, 0.1) is 5.75 Å². The highest BCUT2D eigenvalue weighted by molar-refractivity contribution is 8.01. The molecule has 0 unspecified atom stereocenters. The summed E-state index contributed by atoms with van der Waals surface area (Å²) in [6, 6.07) is 0. The first-order valence-corrected chi connectivity index (χ1v) is 6.40. The summed E-state index contributed by atoms with van der Waals surface area (Å²) in [6.45, 7) is 4.76. The predicted molar refractivity (Wildman–Crippen MR) is 60.9 cm³/mol. The van der Waals surface area contributed by atoms with Gasteiger partial charge < -0.3 is 5.32 Å². The van der Waals surface area contributed by atoms with Gasteiger partial charge in [-0.05, 0) is 13.3 Å². The number of hydrogen-bond donors (Lipinski definition) is 1. The zero-order valence-electron chi connectivity index (χ0n) is 8.37. The van der Waals surface area contributed by atoms with E-state index in [0.29, 0.717) is 5.75 Å². The highest BCUT2D eigenvalue weighted by atomic mass is 32.2. The molecule has 1 aromatic rings. The van der Waals surface area contributed by atoms with Gasteiger partial charge in [-0.1, -0.05) is 18.7 Å². The van der Waals surface area contributed by atoms with E-state index in [1.165, 1.54) is 11.8 Å². The second-order valence-electron chi connectivity index (χ2n) is 2.89. The van der Waals surface area contributed by atoms with Crippen LogP contribution < -0.4 is 5.32 Å². The second kappa shape index (κ2) is 6.03. The summed E-state index contributed by atoms with van der Waals surface area (Å²) >= 11 is 3.08. The maximum atomic E-state index is 11.2. The van der Waals surface area contributed by atoms with E-state index in [9.17, 15) is 4.79 Å². The van der Waals surface area contributed by atoms with Crippen LogP contribution in [0.15, 0.2) is 9.72 Å². The molecule has 1 heterocycles. The highest BCUT2D eigenvalue weighted by Crippen LogP contribution is 2.21. The van der Waals surface area contributed by atoms with Crippen LogP contribution in [0.2, 0.25) is 0 Å². The van der Waals surface area contributed by atoms with Crippen LogP contribution in [0.1, 0.15) is 19.0 Å². The lowest BCUT2D eigenvalue weighted by Gasteiger charge is -2.00. The zero-order valence-corrected chi connectivity index (χ0v) is 10.0. The second-order valence-corrected chi connectivity index (χ2v) is 4.97. The van der Waals surface area contributed by atoms with E-state index in [1.807, 2.05) is 19.2 Å². The van der Waals surface area contributed by atoms with Crippen molar-refractivity contribution in [2.75, 3.05) is 12.3 Å². The summed E-state index contributed by atoms with van der Waals surface area (Å²) in [6.07, 6.45) is 0.979. The molecule has 0 aliphatic carbocycles. The van der Waals surface area contributed by atoms with Gasteiger partial charge in [-0.15, -0.1) is 11.3 Å². The van der Waals surface area contributed by atoms with Crippen LogP contribution in [-0.2, 0) is 4.79 Å². The van der Waals surface area contributed by atoms with E-state index in [1.54, 1.807) is 11.3 Å². The van der Waals surface area contributed by atoms with Crippen molar-refractivity contribution in [3.05, 3.63) is 11.1 Å². The van der Waals surface area contributed by atoms with Crippen molar-refractivity contribution in [2.45, 2.75) is 24.6 Å². The third-order valence-corrected chi connectivity index (χ3v) is 3.64. The Morgan fingerprint density at radius 2 is 2.50 bits per heavy atom. The largest absolute Gasteiger partial charge is 0.355 e. The summed E-state index contributed by atoms with van der Waals surface area (Å²) < 4.78 is 0.967. The van der Waals surface area contributed by atoms with Gasteiger partial charge in [0.15, 0.2) is 4.34 Å². The number of nitrogens with one attached hydrogen (secondary N) is 1. The summed E-state index contributed by atoms with van der Waals surface area (Å²) in [7, 11) is 0. The Morgan fingerprint density at radius 3 is 3.07 bits per heavy atom. The molecular formula is C9H14N2OS2. The topological polar surface area (TPSA) is 42.0 Å². The molecule has 0 aliphatic heterocycles. The van der Waals surface area contributed by atoms with Gasteiger partial charge in [-0.2, -0.15) is 0 Å². The van der Waals surface area contributed by atoms with E-state index in [-0.39, 0.29) is 5.91 Å². The maximum Gasteiger partial charge on any atom is 0.230 e. The molecule has 5 heteroatoms. The number of thiazole rings is 1. The Hall–Kier alpha value is -0.550. The molecule has 0 aliphatic rings. The molecule has 0 saturated heterocycles. The van der Waals surface area contributed by atoms with E-state index >= 15 is 0 Å². The van der Waals surface area contributed by atoms with Gasteiger partial charge >= 0.3 is 0 Å². The Balaban J connectivity index is 2.23. The van der Waals surface area contributed by atoms with E-state index in [0.717, 1.165) is 23.0 Å². The monoisotopic (exact) mass is 230 g/mol. The molecule has 1 N–H and O–H groups in total. The minimum absolute atomic E-state index is 0.0877. The fourth-order valence-corrected chi connectivity index (χ4v) is 2.52. The van der Waals surface area contributed by atoms with Crippen LogP contribution in [0, 0.1) is 6.92 Å². The number of aromatic nitrogens is 1. The molecule has 3 nitrogen and oxygen atoms in total. The first kappa shape index (κ1) is 11.5. The Labute approximate surface area is 92.3 Å². The van der Waals surface area contributed by atoms with Crippen molar-refractivity contribution in [1.82, 2.24) is 10.3 Å². The minimum atomic E-state index is 0.0877. The van der Waals surface area contributed by atoms with Crippen molar-refractivity contribution in [1.29, 1.82) is 0 Å². The lowest BCUT2D eigenvalue weighted by Crippen LogP contribution is -2.25. The fraction of sp³-hybridized carbons (Fsp3) is 0.556. The van der Waals surface area contributed by atoms with E-state index in [4.69, 9.17) is 0 Å². The minimum Gasteiger partial charge on any atom is -0.355 e. The Kier molecular flexibility index (Phi) is 4.97. The summed E-state index contributed by atoms with van der Waals surface area (Å²) in [5, 5.41) is 4.82. The van der Waals surface area contributed by atoms with Gasteiger partial charge in [-0.25, -0.2) is 4.98 Å². The smallest absolute Gasteiger partial charge is 0.230 e. The van der Waals surface area contributed by atoms with Gasteiger partial charge in [0, 0.05) is 17.6 Å². The SMILES string of the molecule is CCCNC(=O)CSc1nc(C)cs1. The Morgan fingerprint density at radius 1 is 1.71 bits per heavy atom. The molecule has 14 heavy (non-hydrogen) atoms. The van der Waals surface area contributed by atoms with Crippen molar-refractivity contribution in [2.24, 2.45) is 0 Å². The van der Waals surface area contributed by atoms with Crippen LogP contribution in [0.3, 0.4) is 0 Å². The lowest BCUT2D eigenvalue weighted by atomic mass is 10.5. The zero-order chi connectivity index (χ0) is 10.4. The molecule has 0 fully saturated rings. The molecule has 0 bridgehead atoms. The van der Waals surface area contributed by atoms with E-state index < -0.39 is 0 Å². The van der Waals surface area contributed by atoms with Gasteiger partial charge in [0.1, 0.15) is 0 Å². The maximum absolute atomic E-state index is 11.2. The van der Waals surface area contributed by atoms with Crippen LogP contribution in [0.4, 0.5) is 0 Å². The van der Waals surface area contributed by atoms with Gasteiger partial charge in [-0.3, -0.25) is 4.79 Å². The normalized spacial score (nSPS) is 10.1. The summed E-state index contributed by atoms with van der Waals surface area (Å²) in [5.74, 6) is 0.553. The number of rotatable bonds is 5. The molecule has 0 aromatic carbocycles. The molecule has 0 atom stereocenters. The quantitative estimate of drug-likeness (QED) is 0.787. The molecule has 0 radical (unpaired) electrons. The summed E-state index contributed by atoms with van der Waals surface area (Å²) in [5.41, 5.74) is 1.02. The third-order valence-electron chi connectivity index (χ3n) is 1.50. The third kappa shape index (κ3) is 4.11. The van der Waals surface area contributed by atoms with Crippen LogP contribution in [0.5, 0.6) is 0 Å². The molecular weight excluding hydrogens is 216 g/mol. The van der Waals surface area contributed by atoms with Crippen molar-refractivity contribution >= 4 is 29.0 Å². The first-order valence-electron chi connectivity index (χ1n) is 4.54. The number of thioether (sulfide) groups is 1. The highest BCUT2D eigenvalue weighted by Gasteiger charge is 2.04. The number of nitrogens with zero attached hydrogens (tertiary/aromatic N) is 1.